The Hall–Kier alpha value is -4.20. The average molecular weight is 635 g/mol. The molecule has 1 atom stereocenters. The molecule has 2 aromatic carbocycles. The van der Waals surface area contributed by atoms with Gasteiger partial charge in [-0.2, -0.15) is 0 Å². The molecule has 0 spiro atoms. The fourth-order valence-corrected chi connectivity index (χ4v) is 6.63. The van der Waals surface area contributed by atoms with Gasteiger partial charge in [-0.05, 0) is 54.7 Å². The molecule has 236 valence electrons. The van der Waals surface area contributed by atoms with Crippen molar-refractivity contribution in [2.24, 2.45) is 4.99 Å². The molecule has 4 heterocycles. The van der Waals surface area contributed by atoms with Gasteiger partial charge < -0.3 is 20.3 Å². The Balaban J connectivity index is 1.29. The number of aliphatic imine (C=N–C) groups is 1. The van der Waals surface area contributed by atoms with E-state index in [9.17, 15) is 18.7 Å². The molecular formula is C32H36F2N8O2S. The van der Waals surface area contributed by atoms with Gasteiger partial charge in [-0.15, -0.1) is 11.3 Å². The fraction of sp³-hybridized carbons (Fsp3) is 0.375. The first kappa shape index (κ1) is 30.8. The quantitative estimate of drug-likeness (QED) is 0.171. The monoisotopic (exact) mass is 634 g/mol. The van der Waals surface area contributed by atoms with Gasteiger partial charge in [0.15, 0.2) is 11.2 Å². The number of benzene rings is 2. The molecule has 0 saturated carbocycles. The van der Waals surface area contributed by atoms with E-state index in [1.807, 2.05) is 28.8 Å². The zero-order chi connectivity index (χ0) is 31.5. The summed E-state index contributed by atoms with van der Waals surface area (Å²) in [6, 6.07) is 8.26. The highest BCUT2D eigenvalue weighted by molar-refractivity contribution is 7.13. The molecule has 1 amide bonds. The second-order valence-electron chi connectivity index (χ2n) is 11.2. The standard InChI is InChI=1S/C32H36F2N8O2S/c1-20-23(21-4-6-22(7-5-21)41-12-10-40(11-13-41)14-15-43)17-24(30(33)34)25(27(20)35)18-37-29(31(44)39-32-36-8-16-45-32)28-26-3-2-9-42(26)19-38-28/h4-8,16-19,29-30,43H,2-3,9-15,35H2,1H3,(H,36,39,44). The molecule has 2 aromatic heterocycles. The van der Waals surface area contributed by atoms with Gasteiger partial charge in [-0.1, -0.05) is 12.1 Å². The smallest absolute Gasteiger partial charge is 0.264 e. The summed E-state index contributed by atoms with van der Waals surface area (Å²) in [7, 11) is 0. The van der Waals surface area contributed by atoms with E-state index in [1.54, 1.807) is 24.8 Å². The van der Waals surface area contributed by atoms with Crippen LogP contribution < -0.4 is 16.0 Å². The molecule has 2 aliphatic rings. The van der Waals surface area contributed by atoms with Crippen LogP contribution in [0.15, 0.2) is 53.2 Å². The molecule has 4 N–H and O–H groups in total. The largest absolute Gasteiger partial charge is 0.398 e. The van der Waals surface area contributed by atoms with Crippen molar-refractivity contribution in [1.29, 1.82) is 0 Å². The summed E-state index contributed by atoms with van der Waals surface area (Å²) in [4.78, 5) is 31.1. The van der Waals surface area contributed by atoms with Crippen LogP contribution in [0, 0.1) is 6.92 Å². The normalized spacial score (nSPS) is 16.1. The molecule has 2 aliphatic heterocycles. The number of rotatable bonds is 10. The highest BCUT2D eigenvalue weighted by atomic mass is 32.1. The number of fused-ring (bicyclic) bond motifs is 1. The third-order valence-electron chi connectivity index (χ3n) is 8.59. The highest BCUT2D eigenvalue weighted by Crippen LogP contribution is 2.37. The molecule has 1 unspecified atom stereocenters. The number of aromatic nitrogens is 3. The van der Waals surface area contributed by atoms with E-state index in [4.69, 9.17) is 5.73 Å². The minimum Gasteiger partial charge on any atom is -0.398 e. The number of carbonyl (C=O) groups is 1. The number of nitrogens with two attached hydrogens (primary N) is 1. The molecule has 0 aliphatic carbocycles. The van der Waals surface area contributed by atoms with Crippen LogP contribution >= 0.6 is 11.3 Å². The number of imidazole rings is 1. The Morgan fingerprint density at radius 2 is 1.96 bits per heavy atom. The average Bonchev–Trinajstić information content (AvgIpc) is 3.81. The Kier molecular flexibility index (Phi) is 9.19. The Morgan fingerprint density at radius 1 is 1.18 bits per heavy atom. The van der Waals surface area contributed by atoms with Gasteiger partial charge in [0, 0.05) is 85.3 Å². The SMILES string of the molecule is Cc1c(-c2ccc(N3CCN(CCO)CC3)cc2)cc(C(F)F)c(C=NC(C(=O)Nc2nccs2)c2ncn3c2CCC3)c1N. The number of anilines is 3. The van der Waals surface area contributed by atoms with Crippen molar-refractivity contribution >= 4 is 40.0 Å². The number of piperazine rings is 1. The number of nitrogens with zero attached hydrogens (tertiary/aromatic N) is 6. The van der Waals surface area contributed by atoms with Gasteiger partial charge in [0.25, 0.3) is 12.3 Å². The molecular weight excluding hydrogens is 598 g/mol. The van der Waals surface area contributed by atoms with Crippen molar-refractivity contribution in [3.63, 3.8) is 0 Å². The summed E-state index contributed by atoms with van der Waals surface area (Å²) in [5.74, 6) is -0.449. The zero-order valence-corrected chi connectivity index (χ0v) is 25.8. The number of amides is 1. The van der Waals surface area contributed by atoms with E-state index < -0.39 is 18.4 Å². The van der Waals surface area contributed by atoms with Gasteiger partial charge in [0.1, 0.15) is 0 Å². The van der Waals surface area contributed by atoms with Gasteiger partial charge in [-0.25, -0.2) is 18.7 Å². The molecule has 4 aromatic rings. The molecule has 1 saturated heterocycles. The van der Waals surface area contributed by atoms with Gasteiger partial charge in [0.05, 0.1) is 18.6 Å². The number of aliphatic hydroxyl groups excluding tert-OH is 1. The van der Waals surface area contributed by atoms with Crippen LogP contribution in [0.3, 0.4) is 0 Å². The number of halogens is 2. The summed E-state index contributed by atoms with van der Waals surface area (Å²) >= 11 is 1.27. The molecule has 13 heteroatoms. The van der Waals surface area contributed by atoms with E-state index in [2.05, 4.69) is 30.1 Å². The number of hydrogen-bond acceptors (Lipinski definition) is 9. The Labute approximate surface area is 264 Å². The van der Waals surface area contributed by atoms with Crippen LogP contribution in [0.5, 0.6) is 0 Å². The van der Waals surface area contributed by atoms with Crippen molar-refractivity contribution in [1.82, 2.24) is 19.4 Å². The van der Waals surface area contributed by atoms with Crippen molar-refractivity contribution in [3.8, 4) is 11.1 Å². The number of alkyl halides is 2. The first-order valence-electron chi connectivity index (χ1n) is 15.0. The van der Waals surface area contributed by atoms with Gasteiger partial charge in [0.2, 0.25) is 0 Å². The van der Waals surface area contributed by atoms with Crippen molar-refractivity contribution in [2.45, 2.75) is 38.8 Å². The van der Waals surface area contributed by atoms with Crippen LogP contribution in [0.1, 0.15) is 47.0 Å². The van der Waals surface area contributed by atoms with Crippen LogP contribution in [0.2, 0.25) is 0 Å². The molecule has 0 radical (unpaired) electrons. The van der Waals surface area contributed by atoms with E-state index in [1.165, 1.54) is 23.6 Å². The maximum atomic E-state index is 14.6. The lowest BCUT2D eigenvalue weighted by Gasteiger charge is -2.35. The van der Waals surface area contributed by atoms with Gasteiger partial charge >= 0.3 is 0 Å². The van der Waals surface area contributed by atoms with Crippen molar-refractivity contribution in [2.75, 3.05) is 55.3 Å². The lowest BCUT2D eigenvalue weighted by atomic mass is 9.92. The summed E-state index contributed by atoms with van der Waals surface area (Å²) in [5.41, 5.74) is 11.1. The summed E-state index contributed by atoms with van der Waals surface area (Å²) in [6.45, 7) is 6.87. The van der Waals surface area contributed by atoms with Crippen molar-refractivity contribution < 1.29 is 18.7 Å². The highest BCUT2D eigenvalue weighted by Gasteiger charge is 2.29. The Bertz CT molecular complexity index is 1670. The molecule has 1 fully saturated rings. The van der Waals surface area contributed by atoms with Gasteiger partial charge in [-0.3, -0.25) is 20.0 Å². The fourth-order valence-electron chi connectivity index (χ4n) is 6.09. The molecule has 6 rings (SSSR count). The first-order chi connectivity index (χ1) is 21.8. The topological polar surface area (TPSA) is 125 Å². The molecule has 0 bridgehead atoms. The molecule has 45 heavy (non-hydrogen) atoms. The second kappa shape index (κ2) is 13.4. The van der Waals surface area contributed by atoms with Crippen LogP contribution in [0.25, 0.3) is 11.1 Å². The summed E-state index contributed by atoms with van der Waals surface area (Å²) in [6.07, 6.45) is 3.43. The number of carbonyl (C=O) groups excluding carboxylic acids is 1. The number of hydrogen-bond donors (Lipinski definition) is 3. The Morgan fingerprint density at radius 3 is 2.64 bits per heavy atom. The summed E-state index contributed by atoms with van der Waals surface area (Å²) in [5, 5.41) is 14.1. The zero-order valence-electron chi connectivity index (χ0n) is 25.0. The maximum Gasteiger partial charge on any atom is 0.264 e. The maximum absolute atomic E-state index is 14.6. The lowest BCUT2D eigenvalue weighted by Crippen LogP contribution is -2.47. The van der Waals surface area contributed by atoms with Crippen molar-refractivity contribution in [3.05, 3.63) is 76.3 Å². The third kappa shape index (κ3) is 6.46. The van der Waals surface area contributed by atoms with E-state index in [0.717, 1.165) is 62.5 Å². The third-order valence-corrected chi connectivity index (χ3v) is 9.28. The number of aliphatic hydroxyl groups is 1. The second-order valence-corrected chi connectivity index (χ2v) is 12.1. The predicted molar refractivity (Wildman–Crippen MR) is 173 cm³/mol. The van der Waals surface area contributed by atoms with Crippen LogP contribution in [-0.4, -0.2) is 76.0 Å². The predicted octanol–water partition coefficient (Wildman–Crippen LogP) is 4.69. The number of nitrogen functional groups attached to an aromatic ring is 1. The lowest BCUT2D eigenvalue weighted by molar-refractivity contribution is -0.117. The van der Waals surface area contributed by atoms with E-state index in [-0.39, 0.29) is 23.4 Å². The van der Waals surface area contributed by atoms with E-state index >= 15 is 0 Å². The van der Waals surface area contributed by atoms with E-state index in [0.29, 0.717) is 28.5 Å². The van der Waals surface area contributed by atoms with Crippen LogP contribution in [-0.2, 0) is 17.8 Å². The minimum absolute atomic E-state index is 0.0894. The number of aryl methyl sites for hydroxylation is 1. The number of β-amino-alcohol motifs (C(OH)–C–C–N with tert-alkyl or cyclic N) is 1. The number of nitrogens with one attached hydrogen (secondary N) is 1. The summed E-state index contributed by atoms with van der Waals surface area (Å²) < 4.78 is 31.1. The first-order valence-corrected chi connectivity index (χ1v) is 15.9. The molecule has 10 nitrogen and oxygen atoms in total. The number of thiazole rings is 1. The minimum atomic E-state index is -2.82. The van der Waals surface area contributed by atoms with Crippen LogP contribution in [0.4, 0.5) is 25.3 Å².